The molecule has 0 spiro atoms. The smallest absolute Gasteiger partial charge is 0.134 e. The zero-order chi connectivity index (χ0) is 17.4. The van der Waals surface area contributed by atoms with Crippen molar-refractivity contribution in [2.45, 2.75) is 32.4 Å². The fraction of sp³-hybridized carbons (Fsp3) is 0.389. The van der Waals surface area contributed by atoms with E-state index in [0.29, 0.717) is 11.2 Å². The maximum Gasteiger partial charge on any atom is 0.134 e. The Bertz CT molecular complexity index is 873. The van der Waals surface area contributed by atoms with Gasteiger partial charge in [0.1, 0.15) is 22.3 Å². The number of nitrogens with zero attached hydrogens (tertiary/aromatic N) is 5. The monoisotopic (exact) mass is 357 g/mol. The zero-order valence-corrected chi connectivity index (χ0v) is 15.1. The van der Waals surface area contributed by atoms with Gasteiger partial charge in [0.2, 0.25) is 0 Å². The highest BCUT2D eigenvalue weighted by atomic mass is 35.5. The summed E-state index contributed by atoms with van der Waals surface area (Å²) in [4.78, 5) is 6.96. The van der Waals surface area contributed by atoms with Gasteiger partial charge in [0.25, 0.3) is 0 Å². The van der Waals surface area contributed by atoms with E-state index in [1.807, 2.05) is 38.4 Å². The van der Waals surface area contributed by atoms with Crippen molar-refractivity contribution < 1.29 is 4.52 Å². The van der Waals surface area contributed by atoms with E-state index in [1.54, 1.807) is 4.68 Å². The van der Waals surface area contributed by atoms with Crippen LogP contribution in [0.1, 0.15) is 35.9 Å². The summed E-state index contributed by atoms with van der Waals surface area (Å²) >= 11 is 6.54. The number of aryl methyl sites for hydroxylation is 2. The molecule has 0 saturated carbocycles. The highest BCUT2D eigenvalue weighted by Gasteiger charge is 2.30. The van der Waals surface area contributed by atoms with Crippen molar-refractivity contribution in [3.63, 3.8) is 0 Å². The zero-order valence-electron chi connectivity index (χ0n) is 14.3. The van der Waals surface area contributed by atoms with Gasteiger partial charge in [-0.2, -0.15) is 5.10 Å². The highest BCUT2D eigenvalue weighted by Crippen LogP contribution is 2.36. The van der Waals surface area contributed by atoms with Crippen LogP contribution in [0.15, 0.2) is 35.0 Å². The van der Waals surface area contributed by atoms with E-state index in [4.69, 9.17) is 16.1 Å². The molecule has 0 amide bonds. The maximum atomic E-state index is 6.54. The second-order valence-corrected chi connectivity index (χ2v) is 6.81. The molecule has 0 bridgehead atoms. The predicted octanol–water partition coefficient (Wildman–Crippen LogP) is 3.77. The van der Waals surface area contributed by atoms with Crippen molar-refractivity contribution in [1.29, 1.82) is 0 Å². The van der Waals surface area contributed by atoms with Crippen molar-refractivity contribution >= 4 is 11.6 Å². The van der Waals surface area contributed by atoms with Crippen molar-refractivity contribution in [2.75, 3.05) is 6.54 Å². The van der Waals surface area contributed by atoms with Crippen LogP contribution in [0.25, 0.3) is 11.4 Å². The first-order valence-electron chi connectivity index (χ1n) is 8.43. The molecule has 1 saturated heterocycles. The lowest BCUT2D eigenvalue weighted by atomic mass is 10.1. The molecule has 7 heteroatoms. The molecule has 130 valence electrons. The minimum atomic E-state index is 0.310. The molecular weight excluding hydrogens is 338 g/mol. The number of halogens is 1. The third kappa shape index (κ3) is 3.07. The molecule has 1 fully saturated rings. The number of rotatable bonds is 4. The first kappa shape index (κ1) is 16.3. The lowest BCUT2D eigenvalue weighted by Crippen LogP contribution is -2.23. The molecule has 0 unspecified atom stereocenters. The van der Waals surface area contributed by atoms with Crippen LogP contribution in [-0.4, -0.2) is 31.4 Å². The average molecular weight is 358 g/mol. The molecule has 25 heavy (non-hydrogen) atoms. The number of likely N-dealkylation sites (tertiary alicyclic amines) is 1. The summed E-state index contributed by atoms with van der Waals surface area (Å²) < 4.78 is 6.91. The van der Waals surface area contributed by atoms with Crippen LogP contribution >= 0.6 is 11.6 Å². The number of pyridine rings is 1. The molecule has 4 heterocycles. The third-order valence-electron chi connectivity index (χ3n) is 4.69. The Balaban J connectivity index is 1.66. The van der Waals surface area contributed by atoms with Crippen LogP contribution in [-0.2, 0) is 13.6 Å². The number of hydrogen-bond donors (Lipinski definition) is 0. The Morgan fingerprint density at radius 2 is 2.24 bits per heavy atom. The van der Waals surface area contributed by atoms with Gasteiger partial charge in [-0.1, -0.05) is 22.8 Å². The van der Waals surface area contributed by atoms with E-state index in [-0.39, 0.29) is 0 Å². The van der Waals surface area contributed by atoms with Crippen molar-refractivity contribution in [2.24, 2.45) is 7.05 Å². The van der Waals surface area contributed by atoms with Gasteiger partial charge in [-0.15, -0.1) is 0 Å². The van der Waals surface area contributed by atoms with E-state index in [2.05, 4.69) is 26.2 Å². The fourth-order valence-electron chi connectivity index (χ4n) is 3.50. The topological polar surface area (TPSA) is 60.0 Å². The molecule has 1 atom stereocenters. The van der Waals surface area contributed by atoms with Crippen LogP contribution in [0, 0.1) is 6.92 Å². The van der Waals surface area contributed by atoms with Crippen molar-refractivity contribution in [3.8, 4) is 11.4 Å². The summed E-state index contributed by atoms with van der Waals surface area (Å²) in [6.45, 7) is 3.61. The van der Waals surface area contributed by atoms with Crippen molar-refractivity contribution in [3.05, 3.63) is 52.6 Å². The maximum absolute atomic E-state index is 6.54. The van der Waals surface area contributed by atoms with Crippen LogP contribution in [0.3, 0.4) is 0 Å². The first-order chi connectivity index (χ1) is 12.1. The Labute approximate surface area is 151 Å². The molecule has 6 nitrogen and oxygen atoms in total. The lowest BCUT2D eigenvalue weighted by molar-refractivity contribution is 0.244. The second kappa shape index (κ2) is 6.61. The Hall–Kier alpha value is -2.18. The summed E-state index contributed by atoms with van der Waals surface area (Å²) in [5.74, 6) is 0.760. The third-order valence-corrected chi connectivity index (χ3v) is 5.17. The Morgan fingerprint density at radius 1 is 1.36 bits per heavy atom. The Kier molecular flexibility index (Phi) is 4.31. The highest BCUT2D eigenvalue weighted by molar-refractivity contribution is 6.30. The van der Waals surface area contributed by atoms with E-state index >= 15 is 0 Å². The van der Waals surface area contributed by atoms with Gasteiger partial charge >= 0.3 is 0 Å². The van der Waals surface area contributed by atoms with Crippen LogP contribution in [0.4, 0.5) is 0 Å². The van der Waals surface area contributed by atoms with Gasteiger partial charge in [0.15, 0.2) is 0 Å². The van der Waals surface area contributed by atoms with E-state index in [0.717, 1.165) is 54.3 Å². The van der Waals surface area contributed by atoms with E-state index in [1.165, 1.54) is 0 Å². The summed E-state index contributed by atoms with van der Waals surface area (Å²) in [6, 6.07) is 8.29. The summed E-state index contributed by atoms with van der Waals surface area (Å²) in [5.41, 5.74) is 3.61. The molecule has 3 aromatic heterocycles. The van der Waals surface area contributed by atoms with Crippen LogP contribution < -0.4 is 0 Å². The molecule has 0 aromatic carbocycles. The van der Waals surface area contributed by atoms with Gasteiger partial charge in [0, 0.05) is 31.4 Å². The van der Waals surface area contributed by atoms with Crippen LogP contribution in [0.2, 0.25) is 5.15 Å². The quantitative estimate of drug-likeness (QED) is 0.711. The molecule has 4 rings (SSSR count). The number of hydrogen-bond acceptors (Lipinski definition) is 5. The minimum absolute atomic E-state index is 0.310. The molecule has 0 radical (unpaired) electrons. The first-order valence-corrected chi connectivity index (χ1v) is 8.81. The lowest BCUT2D eigenvalue weighted by Gasteiger charge is -2.24. The van der Waals surface area contributed by atoms with Gasteiger partial charge in [-0.25, -0.2) is 0 Å². The summed E-state index contributed by atoms with van der Waals surface area (Å²) in [6.07, 6.45) is 4.11. The predicted molar refractivity (Wildman–Crippen MR) is 95.1 cm³/mol. The van der Waals surface area contributed by atoms with E-state index in [9.17, 15) is 0 Å². The summed E-state index contributed by atoms with van der Waals surface area (Å²) in [5, 5.41) is 9.31. The van der Waals surface area contributed by atoms with Crippen molar-refractivity contribution in [1.82, 2.24) is 24.8 Å². The largest absolute Gasteiger partial charge is 0.361 e. The van der Waals surface area contributed by atoms with Gasteiger partial charge < -0.3 is 4.52 Å². The number of aromatic nitrogens is 4. The standard InChI is InChI=1S/C18H20ClN5O/c1-12-10-15(22-25-12)17-13(18(19)23(2)21-17)11-24-9-5-7-16(24)14-6-3-4-8-20-14/h3-4,6,8,10,16H,5,7,9,11H2,1-2H3/t16-/m1/s1. The van der Waals surface area contributed by atoms with Gasteiger partial charge in [-0.3, -0.25) is 14.6 Å². The normalized spacial score (nSPS) is 18.1. The fourth-order valence-corrected chi connectivity index (χ4v) is 3.68. The second-order valence-electron chi connectivity index (χ2n) is 6.45. The molecule has 3 aromatic rings. The minimum Gasteiger partial charge on any atom is -0.361 e. The molecule has 0 N–H and O–H groups in total. The molecule has 1 aliphatic heterocycles. The molecule has 1 aliphatic rings. The molecule has 0 aliphatic carbocycles. The Morgan fingerprint density at radius 3 is 2.96 bits per heavy atom. The summed E-state index contributed by atoms with van der Waals surface area (Å²) in [7, 11) is 1.85. The SMILES string of the molecule is Cc1cc(-c2nn(C)c(Cl)c2CN2CCC[C@@H]2c2ccccn2)no1. The van der Waals surface area contributed by atoms with Crippen LogP contribution in [0.5, 0.6) is 0 Å². The average Bonchev–Trinajstić information content (AvgIpc) is 3.32. The van der Waals surface area contributed by atoms with Gasteiger partial charge in [0.05, 0.1) is 11.7 Å². The van der Waals surface area contributed by atoms with Gasteiger partial charge in [-0.05, 0) is 38.4 Å². The van der Waals surface area contributed by atoms with E-state index < -0.39 is 0 Å². The molecular formula is C18H20ClN5O.